The molecule has 3 aromatic carbocycles. The third-order valence-corrected chi connectivity index (χ3v) is 13.0. The van der Waals surface area contributed by atoms with Gasteiger partial charge in [-0.3, -0.25) is 19.4 Å². The minimum absolute atomic E-state index is 0.00373. The number of amides is 2. The van der Waals surface area contributed by atoms with Crippen LogP contribution < -0.4 is 14.5 Å². The van der Waals surface area contributed by atoms with Gasteiger partial charge in [0.05, 0.1) is 24.3 Å². The van der Waals surface area contributed by atoms with Crippen molar-refractivity contribution in [3.05, 3.63) is 101 Å². The summed E-state index contributed by atoms with van der Waals surface area (Å²) in [7, 11) is 0. The SMILES string of the molecule is CC(C)(CO)c1ccc(N2C(=O)COC2Cc2cccc(OCC(=O)O)c2)cc1.CCC(O)c1ccc(N2C(=O)C(Cl)SC2CCSc2ncc(C(=O)O)s2)cc1. The molecule has 2 amide bonds. The average Bonchev–Trinajstić information content (AvgIpc) is 3.91. The number of aliphatic hydroxyl groups excluding tert-OH is 2. The Bertz CT molecular complexity index is 2010. The number of hydrogen-bond acceptors (Lipinski definition) is 12. The monoisotopic (exact) mass is 857 g/mol. The standard InChI is InChI=1S/C22H25NO6.C18H19ClN2O4S3/c1-22(2,14-24)16-6-8-17(9-7-16)23-19(25)12-29-20(23)11-15-4-3-5-18(10-15)28-13-21(26)27;1-2-12(22)10-3-5-11(6-4-10)21-14(28-15(19)16(21)23)7-8-26-18-20-9-13(27-18)17(24)25/h3-10,20,24H,11-14H2,1-2H3,(H,26,27);3-6,9,12,14-15,22H,2,7-8H2,1H3,(H,24,25). The summed E-state index contributed by atoms with van der Waals surface area (Å²) in [6.45, 7) is 5.44. The fraction of sp³-hybridized carbons (Fsp3) is 0.375. The van der Waals surface area contributed by atoms with Crippen molar-refractivity contribution in [2.24, 2.45) is 0 Å². The van der Waals surface area contributed by atoms with Gasteiger partial charge in [0, 0.05) is 29.0 Å². The normalized spacial score (nSPS) is 18.7. The summed E-state index contributed by atoms with van der Waals surface area (Å²) in [5.41, 5.74) is 3.79. The molecule has 0 saturated carbocycles. The molecule has 0 aliphatic carbocycles. The van der Waals surface area contributed by atoms with Crippen LogP contribution >= 0.6 is 46.5 Å². The highest BCUT2D eigenvalue weighted by atomic mass is 35.5. The number of carbonyl (C=O) groups is 4. The second-order valence-electron chi connectivity index (χ2n) is 13.7. The van der Waals surface area contributed by atoms with E-state index in [1.807, 2.05) is 75.4 Å². The van der Waals surface area contributed by atoms with E-state index in [2.05, 4.69) is 4.98 Å². The van der Waals surface area contributed by atoms with Gasteiger partial charge in [0.1, 0.15) is 23.5 Å². The van der Waals surface area contributed by atoms with Gasteiger partial charge in [0.15, 0.2) is 15.7 Å². The topological polar surface area (TPSA) is 187 Å². The number of carboxylic acid groups (broad SMARTS) is 2. The number of carbonyl (C=O) groups excluding carboxylic acids is 2. The molecule has 6 rings (SSSR count). The molecular formula is C40H44ClN3O10S3. The number of rotatable bonds is 16. The van der Waals surface area contributed by atoms with Crippen molar-refractivity contribution in [2.75, 3.05) is 35.4 Å². The van der Waals surface area contributed by atoms with Gasteiger partial charge in [-0.25, -0.2) is 14.6 Å². The van der Waals surface area contributed by atoms with Crippen LogP contribution in [0.25, 0.3) is 0 Å². The van der Waals surface area contributed by atoms with Crippen molar-refractivity contribution in [1.29, 1.82) is 0 Å². The fourth-order valence-electron chi connectivity index (χ4n) is 5.97. The Morgan fingerprint density at radius 1 is 1.05 bits per heavy atom. The lowest BCUT2D eigenvalue weighted by molar-refractivity contribution is -0.139. The van der Waals surface area contributed by atoms with Crippen LogP contribution in [0.15, 0.2) is 83.3 Å². The summed E-state index contributed by atoms with van der Waals surface area (Å²) >= 11 is 10.2. The molecule has 2 saturated heterocycles. The maximum atomic E-state index is 12.5. The van der Waals surface area contributed by atoms with E-state index in [1.165, 1.54) is 29.7 Å². The van der Waals surface area contributed by atoms with Gasteiger partial charge in [-0.15, -0.1) is 34.7 Å². The summed E-state index contributed by atoms with van der Waals surface area (Å²) in [4.78, 5) is 54.2. The Kier molecular flexibility index (Phi) is 15.4. The number of ether oxygens (including phenoxy) is 2. The molecule has 2 aliphatic heterocycles. The second kappa shape index (κ2) is 20.0. The Labute approximate surface area is 348 Å². The average molecular weight is 858 g/mol. The van der Waals surface area contributed by atoms with Gasteiger partial charge in [0.2, 0.25) is 0 Å². The summed E-state index contributed by atoms with van der Waals surface area (Å²) in [6, 6.07) is 22.0. The number of aliphatic carboxylic acids is 1. The lowest BCUT2D eigenvalue weighted by Crippen LogP contribution is -2.35. The molecule has 304 valence electrons. The predicted molar refractivity (Wildman–Crippen MR) is 222 cm³/mol. The highest BCUT2D eigenvalue weighted by Crippen LogP contribution is 2.40. The lowest BCUT2D eigenvalue weighted by atomic mass is 9.85. The van der Waals surface area contributed by atoms with Gasteiger partial charge in [-0.05, 0) is 65.9 Å². The van der Waals surface area contributed by atoms with E-state index in [0.29, 0.717) is 35.1 Å². The number of carboxylic acids is 2. The summed E-state index contributed by atoms with van der Waals surface area (Å²) in [6.07, 6.45) is 2.14. The van der Waals surface area contributed by atoms with Crippen molar-refractivity contribution in [3.8, 4) is 5.75 Å². The zero-order chi connectivity index (χ0) is 41.3. The van der Waals surface area contributed by atoms with E-state index in [-0.39, 0.29) is 40.7 Å². The Hall–Kier alpha value is -4.16. The third kappa shape index (κ3) is 11.5. The first-order valence-corrected chi connectivity index (χ1v) is 21.2. The molecule has 4 aromatic rings. The molecule has 57 heavy (non-hydrogen) atoms. The molecule has 4 N–H and O–H groups in total. The first kappa shape index (κ1) is 44.0. The fourth-order valence-corrected chi connectivity index (χ4v) is 9.57. The van der Waals surface area contributed by atoms with Crippen molar-refractivity contribution in [3.63, 3.8) is 0 Å². The molecule has 0 bridgehead atoms. The molecule has 2 aliphatic rings. The maximum Gasteiger partial charge on any atom is 0.347 e. The van der Waals surface area contributed by atoms with E-state index in [9.17, 15) is 29.4 Å². The highest BCUT2D eigenvalue weighted by Gasteiger charge is 2.40. The predicted octanol–water partition coefficient (Wildman–Crippen LogP) is 6.79. The Balaban J connectivity index is 0.000000218. The van der Waals surface area contributed by atoms with E-state index >= 15 is 0 Å². The Morgan fingerprint density at radius 2 is 1.74 bits per heavy atom. The van der Waals surface area contributed by atoms with Crippen LogP contribution in [0.5, 0.6) is 5.75 Å². The van der Waals surface area contributed by atoms with E-state index in [1.54, 1.807) is 28.0 Å². The quantitative estimate of drug-likeness (QED) is 0.0682. The largest absolute Gasteiger partial charge is 0.482 e. The number of benzene rings is 3. The van der Waals surface area contributed by atoms with Gasteiger partial charge in [-0.1, -0.05) is 68.9 Å². The van der Waals surface area contributed by atoms with Crippen LogP contribution in [0.2, 0.25) is 0 Å². The second-order valence-corrected chi connectivity index (χ2v) is 18.1. The van der Waals surface area contributed by atoms with Crippen molar-refractivity contribution < 1.29 is 49.1 Å². The number of aromatic nitrogens is 1. The molecule has 13 nitrogen and oxygen atoms in total. The number of thioether (sulfide) groups is 2. The number of aromatic carboxylic acids is 1. The van der Waals surface area contributed by atoms with E-state index in [4.69, 9.17) is 31.3 Å². The van der Waals surface area contributed by atoms with E-state index in [0.717, 1.165) is 39.4 Å². The van der Waals surface area contributed by atoms with Gasteiger partial charge in [-0.2, -0.15) is 0 Å². The molecule has 2 fully saturated rings. The van der Waals surface area contributed by atoms with Crippen LogP contribution in [0.1, 0.15) is 66.1 Å². The first-order valence-electron chi connectivity index (χ1n) is 18.0. The number of aliphatic hydroxyl groups is 2. The minimum Gasteiger partial charge on any atom is -0.482 e. The number of alkyl halides is 1. The molecule has 4 unspecified atom stereocenters. The minimum atomic E-state index is -1.04. The van der Waals surface area contributed by atoms with Crippen molar-refractivity contribution in [2.45, 2.75) is 72.2 Å². The molecule has 1 aromatic heterocycles. The molecular weight excluding hydrogens is 814 g/mol. The van der Waals surface area contributed by atoms with Crippen molar-refractivity contribution >= 4 is 81.6 Å². The summed E-state index contributed by atoms with van der Waals surface area (Å²) in [5, 5.41) is 37.1. The first-order chi connectivity index (χ1) is 27.2. The van der Waals surface area contributed by atoms with Crippen LogP contribution in [0.3, 0.4) is 0 Å². The number of thiazole rings is 1. The van der Waals surface area contributed by atoms with Crippen LogP contribution in [0, 0.1) is 0 Å². The smallest absolute Gasteiger partial charge is 0.347 e. The van der Waals surface area contributed by atoms with Gasteiger partial charge < -0.3 is 29.9 Å². The molecule has 0 spiro atoms. The van der Waals surface area contributed by atoms with Crippen LogP contribution in [-0.4, -0.2) is 91.0 Å². The number of hydrogen-bond donors (Lipinski definition) is 4. The van der Waals surface area contributed by atoms with Crippen LogP contribution in [0.4, 0.5) is 11.4 Å². The molecule has 4 atom stereocenters. The molecule has 17 heteroatoms. The number of nitrogens with zero attached hydrogens (tertiary/aromatic N) is 3. The van der Waals surface area contributed by atoms with Gasteiger partial charge >= 0.3 is 11.9 Å². The summed E-state index contributed by atoms with van der Waals surface area (Å²) < 4.78 is 11.0. The zero-order valence-corrected chi connectivity index (χ0v) is 34.7. The number of anilines is 2. The molecule has 0 radical (unpaired) electrons. The van der Waals surface area contributed by atoms with Crippen LogP contribution in [-0.2, 0) is 31.0 Å². The van der Waals surface area contributed by atoms with Gasteiger partial charge in [0.25, 0.3) is 11.8 Å². The molecule has 3 heterocycles. The highest BCUT2D eigenvalue weighted by molar-refractivity contribution is 8.03. The summed E-state index contributed by atoms with van der Waals surface area (Å²) in [5.74, 6) is -1.15. The maximum absolute atomic E-state index is 12.5. The van der Waals surface area contributed by atoms with Crippen molar-refractivity contribution in [1.82, 2.24) is 4.98 Å². The lowest BCUT2D eigenvalue weighted by Gasteiger charge is -2.26. The third-order valence-electron chi connectivity index (χ3n) is 9.17. The Morgan fingerprint density at radius 3 is 2.37 bits per heavy atom. The van der Waals surface area contributed by atoms with E-state index < -0.39 is 35.6 Å². The zero-order valence-electron chi connectivity index (χ0n) is 31.4. The number of halogens is 1.